The lowest BCUT2D eigenvalue weighted by molar-refractivity contribution is -0.138. The zero-order chi connectivity index (χ0) is 12.5. The number of thioether (sulfide) groups is 1. The molecule has 0 saturated carbocycles. The predicted octanol–water partition coefficient (Wildman–Crippen LogP) is 0.203. The predicted molar refractivity (Wildman–Crippen MR) is 65.6 cm³/mol. The van der Waals surface area contributed by atoms with Crippen LogP contribution in [0.1, 0.15) is 19.8 Å². The summed E-state index contributed by atoms with van der Waals surface area (Å²) in [6, 6.07) is -0.308. The Labute approximate surface area is 105 Å². The molecule has 5 nitrogen and oxygen atoms in total. The van der Waals surface area contributed by atoms with Crippen LogP contribution in [-0.4, -0.2) is 53.6 Å². The highest BCUT2D eigenvalue weighted by Gasteiger charge is 2.52. The van der Waals surface area contributed by atoms with Crippen molar-refractivity contribution in [2.24, 2.45) is 0 Å². The van der Waals surface area contributed by atoms with Gasteiger partial charge in [0.05, 0.1) is 11.5 Å². The number of hydrogen-bond donors (Lipinski definition) is 1. The second kappa shape index (κ2) is 4.86. The Kier molecular flexibility index (Phi) is 3.63. The average Bonchev–Trinajstić information content (AvgIpc) is 2.77. The van der Waals surface area contributed by atoms with Gasteiger partial charge in [-0.15, -0.1) is 11.8 Å². The van der Waals surface area contributed by atoms with E-state index in [1.807, 2.05) is 6.92 Å². The second-order valence-corrected chi connectivity index (χ2v) is 6.05. The molecule has 0 unspecified atom stereocenters. The SMILES string of the molecule is COCCNC(=O)[C@H]1CS[C@@]2(C)CCC(=O)N12. The van der Waals surface area contributed by atoms with E-state index in [-0.39, 0.29) is 22.7 Å². The molecule has 0 radical (unpaired) electrons. The van der Waals surface area contributed by atoms with Crippen molar-refractivity contribution in [2.75, 3.05) is 26.0 Å². The van der Waals surface area contributed by atoms with Crippen LogP contribution in [-0.2, 0) is 14.3 Å². The zero-order valence-corrected chi connectivity index (χ0v) is 11.0. The van der Waals surface area contributed by atoms with E-state index in [1.165, 1.54) is 0 Å². The Bertz CT molecular complexity index is 337. The number of nitrogens with zero attached hydrogens (tertiary/aromatic N) is 1. The van der Waals surface area contributed by atoms with Crippen molar-refractivity contribution in [1.29, 1.82) is 0 Å². The van der Waals surface area contributed by atoms with Gasteiger partial charge >= 0.3 is 0 Å². The topological polar surface area (TPSA) is 58.6 Å². The summed E-state index contributed by atoms with van der Waals surface area (Å²) in [6.07, 6.45) is 1.41. The number of hydrogen-bond acceptors (Lipinski definition) is 4. The van der Waals surface area contributed by atoms with Crippen LogP contribution in [0, 0.1) is 0 Å². The van der Waals surface area contributed by atoms with E-state index in [9.17, 15) is 9.59 Å². The molecule has 2 saturated heterocycles. The molecule has 1 N–H and O–H groups in total. The summed E-state index contributed by atoms with van der Waals surface area (Å²) in [5, 5.41) is 2.80. The van der Waals surface area contributed by atoms with Gasteiger partial charge in [0.1, 0.15) is 6.04 Å². The monoisotopic (exact) mass is 258 g/mol. The van der Waals surface area contributed by atoms with E-state index in [0.717, 1.165) is 6.42 Å². The van der Waals surface area contributed by atoms with E-state index in [4.69, 9.17) is 4.74 Å². The molecule has 2 amide bonds. The third-order valence-corrected chi connectivity index (χ3v) is 4.86. The molecule has 0 aromatic carbocycles. The van der Waals surface area contributed by atoms with Crippen LogP contribution in [0.15, 0.2) is 0 Å². The first kappa shape index (κ1) is 12.7. The van der Waals surface area contributed by atoms with Gasteiger partial charge < -0.3 is 15.0 Å². The number of amides is 2. The highest BCUT2D eigenvalue weighted by molar-refractivity contribution is 8.01. The molecule has 0 aromatic heterocycles. The average molecular weight is 258 g/mol. The van der Waals surface area contributed by atoms with E-state index in [0.29, 0.717) is 25.3 Å². The molecule has 6 heteroatoms. The normalized spacial score (nSPS) is 31.8. The molecule has 2 atom stereocenters. The quantitative estimate of drug-likeness (QED) is 0.732. The van der Waals surface area contributed by atoms with Crippen LogP contribution in [0.2, 0.25) is 0 Å². The molecular formula is C11H18N2O3S. The minimum Gasteiger partial charge on any atom is -0.383 e. The molecule has 0 aromatic rings. The molecule has 0 aliphatic carbocycles. The van der Waals surface area contributed by atoms with Gasteiger partial charge in [0.25, 0.3) is 0 Å². The molecule has 0 bridgehead atoms. The van der Waals surface area contributed by atoms with Crippen LogP contribution in [0.4, 0.5) is 0 Å². The Morgan fingerprint density at radius 2 is 2.47 bits per heavy atom. The van der Waals surface area contributed by atoms with Crippen molar-refractivity contribution in [3.63, 3.8) is 0 Å². The lowest BCUT2D eigenvalue weighted by Gasteiger charge is -2.29. The molecule has 17 heavy (non-hydrogen) atoms. The molecular weight excluding hydrogens is 240 g/mol. The van der Waals surface area contributed by atoms with Gasteiger partial charge in [0.2, 0.25) is 11.8 Å². The van der Waals surface area contributed by atoms with Gasteiger partial charge in [0.15, 0.2) is 0 Å². The van der Waals surface area contributed by atoms with Crippen molar-refractivity contribution >= 4 is 23.6 Å². The van der Waals surface area contributed by atoms with Crippen molar-refractivity contribution < 1.29 is 14.3 Å². The van der Waals surface area contributed by atoms with Gasteiger partial charge in [-0.3, -0.25) is 9.59 Å². The highest BCUT2D eigenvalue weighted by atomic mass is 32.2. The van der Waals surface area contributed by atoms with Crippen LogP contribution < -0.4 is 5.32 Å². The molecule has 2 heterocycles. The van der Waals surface area contributed by atoms with Gasteiger partial charge in [-0.1, -0.05) is 0 Å². The fraction of sp³-hybridized carbons (Fsp3) is 0.818. The Morgan fingerprint density at radius 3 is 3.18 bits per heavy atom. The molecule has 0 spiro atoms. The molecule has 2 fully saturated rings. The standard InChI is InChI=1S/C11H18N2O3S/c1-11-4-3-9(14)13(11)8(7-17-11)10(15)12-5-6-16-2/h8H,3-7H2,1-2H3,(H,12,15)/t8-,11+/m1/s1. The fourth-order valence-corrected chi connectivity index (χ4v) is 3.84. The first-order valence-corrected chi connectivity index (χ1v) is 6.80. The summed E-state index contributed by atoms with van der Waals surface area (Å²) < 4.78 is 4.88. The largest absolute Gasteiger partial charge is 0.383 e. The minimum absolute atomic E-state index is 0.0616. The first-order valence-electron chi connectivity index (χ1n) is 5.81. The maximum atomic E-state index is 12.0. The molecule has 96 valence electrons. The number of ether oxygens (including phenoxy) is 1. The fourth-order valence-electron chi connectivity index (χ4n) is 2.41. The number of carbonyl (C=O) groups is 2. The van der Waals surface area contributed by atoms with E-state index < -0.39 is 0 Å². The van der Waals surface area contributed by atoms with Gasteiger partial charge in [0, 0.05) is 25.8 Å². The number of nitrogens with one attached hydrogen (secondary N) is 1. The second-order valence-electron chi connectivity index (χ2n) is 4.55. The number of fused-ring (bicyclic) bond motifs is 1. The Balaban J connectivity index is 1.98. The van der Waals surface area contributed by atoms with Crippen LogP contribution in [0.3, 0.4) is 0 Å². The maximum absolute atomic E-state index is 12.0. The highest BCUT2D eigenvalue weighted by Crippen LogP contribution is 2.47. The van der Waals surface area contributed by atoms with E-state index >= 15 is 0 Å². The van der Waals surface area contributed by atoms with Crippen molar-refractivity contribution in [2.45, 2.75) is 30.7 Å². The summed E-state index contributed by atoms with van der Waals surface area (Å²) in [6.45, 7) is 3.04. The number of rotatable bonds is 4. The van der Waals surface area contributed by atoms with E-state index in [1.54, 1.807) is 23.8 Å². The lowest BCUT2D eigenvalue weighted by Crippen LogP contribution is -2.50. The van der Waals surface area contributed by atoms with Crippen LogP contribution >= 0.6 is 11.8 Å². The third kappa shape index (κ3) is 2.28. The third-order valence-electron chi connectivity index (χ3n) is 3.35. The van der Waals surface area contributed by atoms with Crippen molar-refractivity contribution in [1.82, 2.24) is 10.2 Å². The Morgan fingerprint density at radius 1 is 1.71 bits per heavy atom. The Hall–Kier alpha value is -0.750. The smallest absolute Gasteiger partial charge is 0.243 e. The summed E-state index contributed by atoms with van der Waals surface area (Å²) in [5.41, 5.74) is 0. The number of methoxy groups -OCH3 is 1. The summed E-state index contributed by atoms with van der Waals surface area (Å²) in [4.78, 5) is 25.4. The molecule has 2 aliphatic heterocycles. The maximum Gasteiger partial charge on any atom is 0.243 e. The summed E-state index contributed by atoms with van der Waals surface area (Å²) >= 11 is 1.71. The van der Waals surface area contributed by atoms with Gasteiger partial charge in [-0.25, -0.2) is 0 Å². The molecule has 2 rings (SSSR count). The summed E-state index contributed by atoms with van der Waals surface area (Å²) in [5.74, 6) is 0.735. The summed E-state index contributed by atoms with van der Waals surface area (Å²) in [7, 11) is 1.60. The van der Waals surface area contributed by atoms with Crippen molar-refractivity contribution in [3.05, 3.63) is 0 Å². The van der Waals surface area contributed by atoms with Gasteiger partial charge in [-0.2, -0.15) is 0 Å². The first-order chi connectivity index (χ1) is 8.08. The lowest BCUT2D eigenvalue weighted by atomic mass is 10.2. The van der Waals surface area contributed by atoms with E-state index in [2.05, 4.69) is 5.32 Å². The van der Waals surface area contributed by atoms with Crippen LogP contribution in [0.25, 0.3) is 0 Å². The van der Waals surface area contributed by atoms with Crippen LogP contribution in [0.5, 0.6) is 0 Å². The zero-order valence-electron chi connectivity index (χ0n) is 10.2. The molecule has 2 aliphatic rings. The minimum atomic E-state index is -0.308. The number of carbonyl (C=O) groups excluding carboxylic acids is 2. The van der Waals surface area contributed by atoms with Crippen molar-refractivity contribution in [3.8, 4) is 0 Å². The van der Waals surface area contributed by atoms with Gasteiger partial charge in [-0.05, 0) is 13.3 Å².